The molecule has 1 fully saturated rings. The zero-order valence-electron chi connectivity index (χ0n) is 20.0. The molecule has 0 amide bonds. The molecule has 4 rings (SSSR count). The summed E-state index contributed by atoms with van der Waals surface area (Å²) in [4.78, 5) is 0. The van der Waals surface area contributed by atoms with Gasteiger partial charge < -0.3 is 34.6 Å². The predicted molar refractivity (Wildman–Crippen MR) is 132 cm³/mol. The van der Waals surface area contributed by atoms with Gasteiger partial charge in [-0.1, -0.05) is 55.8 Å². The van der Waals surface area contributed by atoms with Gasteiger partial charge in [0.15, 0.2) is 0 Å². The molecule has 2 heterocycles. The van der Waals surface area contributed by atoms with Crippen molar-refractivity contribution in [2.75, 3.05) is 6.61 Å². The first-order valence-electron chi connectivity index (χ1n) is 11.8. The lowest BCUT2D eigenvalue weighted by atomic mass is 9.98. The number of rotatable bonds is 9. The molecule has 0 radical (unpaired) electrons. The fourth-order valence-electron chi connectivity index (χ4n) is 4.15. The quantitative estimate of drug-likeness (QED) is 0.291. The zero-order chi connectivity index (χ0) is 25.8. The molecular formula is C26H31ClN2O7. The minimum Gasteiger partial charge on any atom is -0.489 e. The van der Waals surface area contributed by atoms with Crippen LogP contribution < -0.4 is 9.47 Å². The van der Waals surface area contributed by atoms with Gasteiger partial charge in [-0.2, -0.15) is 0 Å². The number of hydrogen-bond acceptors (Lipinski definition) is 8. The molecule has 9 nitrogen and oxygen atoms in total. The highest BCUT2D eigenvalue weighted by Crippen LogP contribution is 2.33. The van der Waals surface area contributed by atoms with Gasteiger partial charge in [-0.25, -0.2) is 0 Å². The molecule has 5 atom stereocenters. The van der Waals surface area contributed by atoms with Crippen molar-refractivity contribution in [1.82, 2.24) is 10.2 Å². The number of nitrogens with zero attached hydrogens (tertiary/aromatic N) is 1. The van der Waals surface area contributed by atoms with Crippen molar-refractivity contribution in [2.45, 2.75) is 63.5 Å². The van der Waals surface area contributed by atoms with E-state index >= 15 is 0 Å². The number of benzene rings is 2. The van der Waals surface area contributed by atoms with Crippen LogP contribution >= 0.6 is 11.6 Å². The Morgan fingerprint density at radius 3 is 2.56 bits per heavy atom. The maximum Gasteiger partial charge on any atom is 0.238 e. The number of ether oxygens (including phenoxy) is 3. The Hall–Kier alpha value is -2.66. The van der Waals surface area contributed by atoms with E-state index in [0.29, 0.717) is 23.8 Å². The SMILES string of the molecule is CC(C)c1[nH]nc(O[C@@H]2O[C@H](CO)[C@@H](O)[C@H](O)[C@H]2O)c1Cc1ccccc1OCc1cccc(Cl)c1. The van der Waals surface area contributed by atoms with E-state index in [1.165, 1.54) is 0 Å². The fourth-order valence-corrected chi connectivity index (χ4v) is 4.36. The van der Waals surface area contributed by atoms with Crippen LogP contribution in [0.1, 0.15) is 42.1 Å². The summed E-state index contributed by atoms with van der Waals surface area (Å²) in [5.41, 5.74) is 3.40. The molecular weight excluding hydrogens is 488 g/mol. The molecule has 1 aliphatic rings. The van der Waals surface area contributed by atoms with Crippen LogP contribution in [-0.2, 0) is 17.8 Å². The molecule has 5 N–H and O–H groups in total. The first-order valence-corrected chi connectivity index (χ1v) is 12.2. The standard InChI is InChI=1S/C26H31ClN2O7/c1-14(2)21-18(25(29-28-21)36-26-24(33)23(32)22(31)20(12-30)35-26)11-16-7-3-4-9-19(16)34-13-15-6-5-8-17(27)10-15/h3-10,14,20,22-24,26,30-33H,11-13H2,1-2H3,(H,28,29)/t20-,22-,23+,24-,26+/m1/s1. The van der Waals surface area contributed by atoms with Crippen LogP contribution in [0, 0.1) is 0 Å². The maximum atomic E-state index is 10.4. The summed E-state index contributed by atoms with van der Waals surface area (Å²) < 4.78 is 17.5. The van der Waals surface area contributed by atoms with E-state index < -0.39 is 37.3 Å². The van der Waals surface area contributed by atoms with Gasteiger partial charge in [-0.05, 0) is 35.2 Å². The van der Waals surface area contributed by atoms with Crippen molar-refractivity contribution >= 4 is 11.6 Å². The molecule has 194 valence electrons. The lowest BCUT2D eigenvalue weighted by Crippen LogP contribution is -2.60. The second-order valence-corrected chi connectivity index (χ2v) is 9.53. The Labute approximate surface area is 214 Å². The van der Waals surface area contributed by atoms with Gasteiger partial charge in [-0.3, -0.25) is 5.10 Å². The number of para-hydroxylation sites is 1. The van der Waals surface area contributed by atoms with Crippen LogP contribution in [0.4, 0.5) is 0 Å². The second kappa shape index (κ2) is 11.6. The number of aliphatic hydroxyl groups is 4. The third-order valence-corrected chi connectivity index (χ3v) is 6.37. The minimum absolute atomic E-state index is 0.0826. The molecule has 2 aromatic carbocycles. The first kappa shape index (κ1) is 26.4. The smallest absolute Gasteiger partial charge is 0.238 e. The van der Waals surface area contributed by atoms with Crippen LogP contribution in [0.25, 0.3) is 0 Å². The molecule has 36 heavy (non-hydrogen) atoms. The highest BCUT2D eigenvalue weighted by molar-refractivity contribution is 6.30. The molecule has 0 aliphatic carbocycles. The summed E-state index contributed by atoms with van der Waals surface area (Å²) in [6, 6.07) is 15.1. The van der Waals surface area contributed by atoms with Crippen molar-refractivity contribution in [2.24, 2.45) is 0 Å². The lowest BCUT2D eigenvalue weighted by Gasteiger charge is -2.39. The fraction of sp³-hybridized carbons (Fsp3) is 0.423. The minimum atomic E-state index is -1.55. The van der Waals surface area contributed by atoms with Crippen LogP contribution in [-0.4, -0.2) is 67.9 Å². The average molecular weight is 519 g/mol. The molecule has 1 saturated heterocycles. The van der Waals surface area contributed by atoms with E-state index in [4.69, 9.17) is 25.8 Å². The van der Waals surface area contributed by atoms with E-state index in [1.54, 1.807) is 0 Å². The average Bonchev–Trinajstić information content (AvgIpc) is 3.26. The first-order chi connectivity index (χ1) is 17.3. The Bertz CT molecular complexity index is 1150. The van der Waals surface area contributed by atoms with Crippen LogP contribution in [0.5, 0.6) is 11.6 Å². The predicted octanol–water partition coefficient (Wildman–Crippen LogP) is 2.54. The highest BCUT2D eigenvalue weighted by Gasteiger charge is 2.45. The molecule has 0 spiro atoms. The summed E-state index contributed by atoms with van der Waals surface area (Å²) >= 11 is 6.09. The Balaban J connectivity index is 1.57. The van der Waals surface area contributed by atoms with Crippen molar-refractivity contribution in [3.05, 3.63) is 75.9 Å². The van der Waals surface area contributed by atoms with E-state index in [0.717, 1.165) is 22.4 Å². The normalized spacial score (nSPS) is 24.2. The molecule has 0 bridgehead atoms. The number of aromatic amines is 1. The topological polar surface area (TPSA) is 137 Å². The third-order valence-electron chi connectivity index (χ3n) is 6.14. The highest BCUT2D eigenvalue weighted by atomic mass is 35.5. The van der Waals surface area contributed by atoms with E-state index in [-0.39, 0.29) is 11.8 Å². The van der Waals surface area contributed by atoms with E-state index in [1.807, 2.05) is 62.4 Å². The van der Waals surface area contributed by atoms with E-state index in [9.17, 15) is 20.4 Å². The molecule has 3 aromatic rings. The van der Waals surface area contributed by atoms with Gasteiger partial charge in [0.25, 0.3) is 0 Å². The zero-order valence-corrected chi connectivity index (χ0v) is 20.8. The van der Waals surface area contributed by atoms with Crippen molar-refractivity contribution in [3.8, 4) is 11.6 Å². The van der Waals surface area contributed by atoms with Gasteiger partial charge in [0.2, 0.25) is 12.2 Å². The summed E-state index contributed by atoms with van der Waals surface area (Å²) in [7, 11) is 0. The van der Waals surface area contributed by atoms with Gasteiger partial charge in [0.05, 0.1) is 6.61 Å². The van der Waals surface area contributed by atoms with Crippen molar-refractivity contribution in [1.29, 1.82) is 0 Å². The van der Waals surface area contributed by atoms with Gasteiger partial charge >= 0.3 is 0 Å². The molecule has 0 saturated carbocycles. The van der Waals surface area contributed by atoms with Crippen LogP contribution in [0.2, 0.25) is 5.02 Å². The molecule has 0 unspecified atom stereocenters. The largest absolute Gasteiger partial charge is 0.489 e. The third kappa shape index (κ3) is 5.83. The number of nitrogens with one attached hydrogen (secondary N) is 1. The van der Waals surface area contributed by atoms with Gasteiger partial charge in [0, 0.05) is 22.7 Å². The number of aliphatic hydroxyl groups excluding tert-OH is 4. The Kier molecular flexibility index (Phi) is 8.50. The van der Waals surface area contributed by atoms with Crippen LogP contribution in [0.3, 0.4) is 0 Å². The van der Waals surface area contributed by atoms with Crippen molar-refractivity contribution < 1.29 is 34.6 Å². The Morgan fingerprint density at radius 2 is 1.83 bits per heavy atom. The summed E-state index contributed by atoms with van der Waals surface area (Å²) in [5.74, 6) is 0.957. The summed E-state index contributed by atoms with van der Waals surface area (Å²) in [5, 5.41) is 48.0. The second-order valence-electron chi connectivity index (χ2n) is 9.09. The molecule has 1 aliphatic heterocycles. The summed E-state index contributed by atoms with van der Waals surface area (Å²) in [6.45, 7) is 3.81. The summed E-state index contributed by atoms with van der Waals surface area (Å²) in [6.07, 6.45) is -6.57. The monoisotopic (exact) mass is 518 g/mol. The van der Waals surface area contributed by atoms with E-state index in [2.05, 4.69) is 10.2 Å². The molecule has 10 heteroatoms. The lowest BCUT2D eigenvalue weighted by molar-refractivity contribution is -0.278. The van der Waals surface area contributed by atoms with Crippen LogP contribution in [0.15, 0.2) is 48.5 Å². The maximum absolute atomic E-state index is 10.4. The molecule has 1 aromatic heterocycles. The number of H-pyrrole nitrogens is 1. The van der Waals surface area contributed by atoms with Gasteiger partial charge in [0.1, 0.15) is 36.8 Å². The number of halogens is 1. The van der Waals surface area contributed by atoms with Crippen molar-refractivity contribution in [3.63, 3.8) is 0 Å². The number of hydrogen-bond donors (Lipinski definition) is 5. The van der Waals surface area contributed by atoms with Gasteiger partial charge in [-0.15, -0.1) is 5.10 Å². The number of aromatic nitrogens is 2. The Morgan fingerprint density at radius 1 is 1.06 bits per heavy atom.